The predicted octanol–water partition coefficient (Wildman–Crippen LogP) is 3.64. The summed E-state index contributed by atoms with van der Waals surface area (Å²) in [5, 5.41) is 0. The van der Waals surface area contributed by atoms with Crippen LogP contribution in [0.5, 0.6) is 5.75 Å². The predicted molar refractivity (Wildman–Crippen MR) is 64.6 cm³/mol. The zero-order chi connectivity index (χ0) is 17.4. The molecule has 0 atom stereocenters. The molecule has 10 heteroatoms. The SMILES string of the molecule is COc1cccc2c1CN(C(=O)OC(C(F)(F)F)C(F)(F)F)C2. The van der Waals surface area contributed by atoms with Crippen LogP contribution in [0.1, 0.15) is 11.1 Å². The molecule has 1 aromatic rings. The van der Waals surface area contributed by atoms with Gasteiger partial charge in [0.25, 0.3) is 6.10 Å². The molecule has 0 aliphatic carbocycles. The van der Waals surface area contributed by atoms with Gasteiger partial charge in [-0.2, -0.15) is 26.3 Å². The summed E-state index contributed by atoms with van der Waals surface area (Å²) in [6.45, 7) is -0.353. The first-order valence-electron chi connectivity index (χ1n) is 6.27. The van der Waals surface area contributed by atoms with E-state index in [4.69, 9.17) is 4.74 Å². The Bertz CT molecular complexity index is 584. The number of fused-ring (bicyclic) bond motifs is 1. The van der Waals surface area contributed by atoms with Gasteiger partial charge in [0.15, 0.2) is 0 Å². The molecule has 4 nitrogen and oxygen atoms in total. The molecule has 0 unspecified atom stereocenters. The van der Waals surface area contributed by atoms with Gasteiger partial charge in [0.05, 0.1) is 13.7 Å². The van der Waals surface area contributed by atoms with E-state index in [1.165, 1.54) is 7.11 Å². The van der Waals surface area contributed by atoms with Gasteiger partial charge in [-0.25, -0.2) is 4.79 Å². The molecule has 0 radical (unpaired) electrons. The molecule has 0 N–H and O–H groups in total. The summed E-state index contributed by atoms with van der Waals surface area (Å²) in [5.74, 6) is 0.390. The fraction of sp³-hybridized carbons (Fsp3) is 0.462. The minimum atomic E-state index is -5.74. The van der Waals surface area contributed by atoms with Crippen LogP contribution in [-0.2, 0) is 17.8 Å². The van der Waals surface area contributed by atoms with Gasteiger partial charge in [0, 0.05) is 12.1 Å². The highest BCUT2D eigenvalue weighted by molar-refractivity contribution is 5.69. The summed E-state index contributed by atoms with van der Waals surface area (Å²) >= 11 is 0. The molecule has 23 heavy (non-hydrogen) atoms. The number of benzene rings is 1. The summed E-state index contributed by atoms with van der Waals surface area (Å²) < 4.78 is 83.2. The lowest BCUT2D eigenvalue weighted by Crippen LogP contribution is -2.47. The Morgan fingerprint density at radius 3 is 2.26 bits per heavy atom. The number of nitrogens with zero attached hydrogens (tertiary/aromatic N) is 1. The molecule has 128 valence electrons. The second-order valence-corrected chi connectivity index (χ2v) is 4.80. The third-order valence-electron chi connectivity index (χ3n) is 3.23. The van der Waals surface area contributed by atoms with Gasteiger partial charge in [-0.15, -0.1) is 0 Å². The zero-order valence-corrected chi connectivity index (χ0v) is 11.7. The van der Waals surface area contributed by atoms with Gasteiger partial charge in [-0.05, 0) is 11.6 Å². The molecule has 0 fully saturated rings. The molecule has 1 aliphatic rings. The van der Waals surface area contributed by atoms with E-state index in [0.29, 0.717) is 16.9 Å². The number of carbonyl (C=O) groups excluding carboxylic acids is 1. The molecule has 0 saturated carbocycles. The average molecular weight is 343 g/mol. The number of methoxy groups -OCH3 is 1. The standard InChI is InChI=1S/C13H11F6NO3/c1-22-9-4-2-3-7-5-20(6-8(7)9)11(21)23-10(12(14,15)16)13(17,18)19/h2-4,10H,5-6H2,1H3. The molecule has 1 heterocycles. The highest BCUT2D eigenvalue weighted by Gasteiger charge is 2.60. The maximum Gasteiger partial charge on any atom is 0.434 e. The maximum absolute atomic E-state index is 12.4. The van der Waals surface area contributed by atoms with Gasteiger partial charge in [0.1, 0.15) is 5.75 Å². The molecule has 0 saturated heterocycles. The lowest BCUT2D eigenvalue weighted by Gasteiger charge is -2.25. The van der Waals surface area contributed by atoms with Crippen molar-refractivity contribution in [2.45, 2.75) is 31.5 Å². The quantitative estimate of drug-likeness (QED) is 0.770. The van der Waals surface area contributed by atoms with Crippen molar-refractivity contribution in [3.8, 4) is 5.75 Å². The van der Waals surface area contributed by atoms with E-state index in [9.17, 15) is 31.1 Å². The number of alkyl halides is 6. The Hall–Kier alpha value is -2.13. The van der Waals surface area contributed by atoms with Gasteiger partial charge in [0.2, 0.25) is 0 Å². The molecule has 1 aliphatic heterocycles. The number of halogens is 6. The van der Waals surface area contributed by atoms with Crippen LogP contribution in [-0.4, -0.2) is 36.6 Å². The van der Waals surface area contributed by atoms with Gasteiger partial charge >= 0.3 is 18.4 Å². The molecule has 0 bridgehead atoms. The lowest BCUT2D eigenvalue weighted by atomic mass is 10.1. The Labute approximate surface area is 126 Å². The van der Waals surface area contributed by atoms with E-state index in [1.807, 2.05) is 0 Å². The van der Waals surface area contributed by atoms with E-state index in [0.717, 1.165) is 4.90 Å². The normalized spacial score (nSPS) is 14.9. The van der Waals surface area contributed by atoms with Crippen molar-refractivity contribution in [1.29, 1.82) is 0 Å². The maximum atomic E-state index is 12.4. The molecule has 1 aromatic carbocycles. The summed E-state index contributed by atoms with van der Waals surface area (Å²) in [6, 6.07) is 4.76. The number of hydrogen-bond acceptors (Lipinski definition) is 3. The Balaban J connectivity index is 2.14. The molecular weight excluding hydrogens is 332 g/mol. The largest absolute Gasteiger partial charge is 0.496 e. The molecule has 2 rings (SSSR count). The van der Waals surface area contributed by atoms with Crippen LogP contribution >= 0.6 is 0 Å². The average Bonchev–Trinajstić information content (AvgIpc) is 2.85. The number of hydrogen-bond donors (Lipinski definition) is 0. The molecule has 0 spiro atoms. The summed E-state index contributed by atoms with van der Waals surface area (Å²) in [5.41, 5.74) is 1.08. The summed E-state index contributed by atoms with van der Waals surface area (Å²) in [4.78, 5) is 12.4. The number of ether oxygens (including phenoxy) is 2. The first-order valence-corrected chi connectivity index (χ1v) is 6.27. The van der Waals surface area contributed by atoms with Crippen molar-refractivity contribution in [1.82, 2.24) is 4.90 Å². The lowest BCUT2D eigenvalue weighted by molar-refractivity contribution is -0.308. The van der Waals surface area contributed by atoms with E-state index < -0.39 is 24.5 Å². The summed E-state index contributed by atoms with van der Waals surface area (Å²) in [7, 11) is 1.36. The van der Waals surface area contributed by atoms with Gasteiger partial charge < -0.3 is 9.47 Å². The van der Waals surface area contributed by atoms with Crippen LogP contribution in [0.3, 0.4) is 0 Å². The van der Waals surface area contributed by atoms with Crippen molar-refractivity contribution in [3.63, 3.8) is 0 Å². The molecule has 1 amide bonds. The van der Waals surface area contributed by atoms with Crippen molar-refractivity contribution >= 4 is 6.09 Å². The van der Waals surface area contributed by atoms with Crippen molar-refractivity contribution in [2.24, 2.45) is 0 Å². The van der Waals surface area contributed by atoms with Crippen LogP contribution in [0.15, 0.2) is 18.2 Å². The van der Waals surface area contributed by atoms with Gasteiger partial charge in [-0.3, -0.25) is 4.90 Å². The second-order valence-electron chi connectivity index (χ2n) is 4.80. The monoisotopic (exact) mass is 343 g/mol. The minimum Gasteiger partial charge on any atom is -0.496 e. The van der Waals surface area contributed by atoms with E-state index in [1.54, 1.807) is 18.2 Å². The van der Waals surface area contributed by atoms with E-state index in [-0.39, 0.29) is 13.1 Å². The second kappa shape index (κ2) is 5.82. The molecule has 0 aromatic heterocycles. The number of carbonyl (C=O) groups is 1. The van der Waals surface area contributed by atoms with Crippen LogP contribution in [0.25, 0.3) is 0 Å². The highest BCUT2D eigenvalue weighted by Crippen LogP contribution is 2.37. The third kappa shape index (κ3) is 3.62. The van der Waals surface area contributed by atoms with Crippen LogP contribution in [0, 0.1) is 0 Å². The number of rotatable bonds is 2. The smallest absolute Gasteiger partial charge is 0.434 e. The molecular formula is C13H11F6NO3. The summed E-state index contributed by atoms with van der Waals surface area (Å²) in [6.07, 6.45) is -17.3. The van der Waals surface area contributed by atoms with Crippen molar-refractivity contribution in [2.75, 3.05) is 7.11 Å². The van der Waals surface area contributed by atoms with E-state index >= 15 is 0 Å². The van der Waals surface area contributed by atoms with Crippen molar-refractivity contribution in [3.05, 3.63) is 29.3 Å². The van der Waals surface area contributed by atoms with Crippen LogP contribution in [0.4, 0.5) is 31.1 Å². The fourth-order valence-electron chi connectivity index (χ4n) is 2.21. The first-order chi connectivity index (χ1) is 10.5. The van der Waals surface area contributed by atoms with Crippen LogP contribution in [0.2, 0.25) is 0 Å². The van der Waals surface area contributed by atoms with Gasteiger partial charge in [-0.1, -0.05) is 12.1 Å². The fourth-order valence-corrected chi connectivity index (χ4v) is 2.21. The Morgan fingerprint density at radius 2 is 1.74 bits per heavy atom. The van der Waals surface area contributed by atoms with Crippen LogP contribution < -0.4 is 4.74 Å². The number of amides is 1. The highest BCUT2D eigenvalue weighted by atomic mass is 19.4. The van der Waals surface area contributed by atoms with Crippen molar-refractivity contribution < 1.29 is 40.6 Å². The third-order valence-corrected chi connectivity index (χ3v) is 3.23. The van der Waals surface area contributed by atoms with E-state index in [2.05, 4.69) is 4.74 Å². The topological polar surface area (TPSA) is 38.8 Å². The zero-order valence-electron chi connectivity index (χ0n) is 11.7. The Kier molecular flexibility index (Phi) is 4.36. The first kappa shape index (κ1) is 17.2. The Morgan fingerprint density at radius 1 is 1.13 bits per heavy atom. The minimum absolute atomic E-state index is 0.159.